The zero-order valence-corrected chi connectivity index (χ0v) is 5.30. The second kappa shape index (κ2) is 3.72. The molecular formula is C6H11N3. The molecule has 0 fully saturated rings. The Kier molecular flexibility index (Phi) is 3.20. The summed E-state index contributed by atoms with van der Waals surface area (Å²) in [6.07, 6.45) is 3.15. The van der Waals surface area contributed by atoms with Gasteiger partial charge in [-0.1, -0.05) is 12.7 Å². The molecule has 3 nitrogen and oxygen atoms in total. The van der Waals surface area contributed by atoms with E-state index in [1.54, 1.807) is 6.08 Å². The molecule has 0 aromatic carbocycles. The summed E-state index contributed by atoms with van der Waals surface area (Å²) in [5.41, 5.74) is 5.12. The standard InChI is InChI=1S/C6H11N3/c1-3-5-9(4-2)6(7)8/h3-4H,1-2,5H2,(H3,7,8). The van der Waals surface area contributed by atoms with Gasteiger partial charge in [0.2, 0.25) is 0 Å². The van der Waals surface area contributed by atoms with E-state index in [-0.39, 0.29) is 5.96 Å². The molecule has 0 unspecified atom stereocenters. The number of hydrogen-bond donors (Lipinski definition) is 2. The highest BCUT2D eigenvalue weighted by Gasteiger charge is 1.95. The topological polar surface area (TPSA) is 53.1 Å². The van der Waals surface area contributed by atoms with E-state index < -0.39 is 0 Å². The van der Waals surface area contributed by atoms with E-state index in [0.29, 0.717) is 6.54 Å². The van der Waals surface area contributed by atoms with Gasteiger partial charge in [-0.15, -0.1) is 6.58 Å². The summed E-state index contributed by atoms with van der Waals surface area (Å²) in [5.74, 6) is -0.00935. The third-order valence-corrected chi connectivity index (χ3v) is 0.856. The molecule has 0 aromatic rings. The van der Waals surface area contributed by atoms with E-state index in [2.05, 4.69) is 13.2 Å². The molecule has 0 aromatic heterocycles. The van der Waals surface area contributed by atoms with Gasteiger partial charge in [0.15, 0.2) is 5.96 Å². The maximum Gasteiger partial charge on any atom is 0.192 e. The van der Waals surface area contributed by atoms with Gasteiger partial charge in [0, 0.05) is 12.7 Å². The Hall–Kier alpha value is -1.25. The van der Waals surface area contributed by atoms with Crippen molar-refractivity contribution in [1.82, 2.24) is 4.90 Å². The van der Waals surface area contributed by atoms with Gasteiger partial charge in [-0.05, 0) is 0 Å². The molecule has 0 aliphatic carbocycles. The van der Waals surface area contributed by atoms with Crippen molar-refractivity contribution < 1.29 is 0 Å². The summed E-state index contributed by atoms with van der Waals surface area (Å²) in [4.78, 5) is 1.48. The minimum Gasteiger partial charge on any atom is -0.370 e. The predicted molar refractivity (Wildman–Crippen MR) is 39.0 cm³/mol. The zero-order valence-electron chi connectivity index (χ0n) is 5.30. The van der Waals surface area contributed by atoms with Gasteiger partial charge in [0.1, 0.15) is 0 Å². The van der Waals surface area contributed by atoms with E-state index in [0.717, 1.165) is 0 Å². The smallest absolute Gasteiger partial charge is 0.192 e. The molecule has 0 spiro atoms. The number of nitrogens with zero attached hydrogens (tertiary/aromatic N) is 1. The van der Waals surface area contributed by atoms with Crippen LogP contribution in [0.3, 0.4) is 0 Å². The molecular weight excluding hydrogens is 114 g/mol. The van der Waals surface area contributed by atoms with E-state index in [1.807, 2.05) is 0 Å². The highest BCUT2D eigenvalue weighted by atomic mass is 15.2. The Morgan fingerprint density at radius 2 is 2.22 bits per heavy atom. The van der Waals surface area contributed by atoms with Crippen molar-refractivity contribution in [2.24, 2.45) is 5.73 Å². The van der Waals surface area contributed by atoms with Crippen LogP contribution in [-0.2, 0) is 0 Å². The van der Waals surface area contributed by atoms with Crippen molar-refractivity contribution in [3.05, 3.63) is 25.4 Å². The predicted octanol–water partition coefficient (Wildman–Crippen LogP) is 0.511. The molecule has 50 valence electrons. The minimum atomic E-state index is -0.00935. The fourth-order valence-electron chi connectivity index (χ4n) is 0.410. The van der Waals surface area contributed by atoms with Gasteiger partial charge in [-0.25, -0.2) is 0 Å². The first-order valence-electron chi connectivity index (χ1n) is 2.56. The molecule has 0 amide bonds. The number of rotatable bonds is 3. The normalized spacial score (nSPS) is 8.00. The lowest BCUT2D eigenvalue weighted by atomic mass is 10.5. The second-order valence-corrected chi connectivity index (χ2v) is 1.51. The maximum atomic E-state index is 6.94. The van der Waals surface area contributed by atoms with Gasteiger partial charge in [-0.3, -0.25) is 5.41 Å². The Morgan fingerprint density at radius 1 is 1.67 bits per heavy atom. The lowest BCUT2D eigenvalue weighted by molar-refractivity contribution is 0.612. The summed E-state index contributed by atoms with van der Waals surface area (Å²) in [7, 11) is 0. The quantitative estimate of drug-likeness (QED) is 0.328. The van der Waals surface area contributed by atoms with E-state index in [9.17, 15) is 0 Å². The molecule has 3 N–H and O–H groups in total. The molecule has 0 rings (SSSR count). The SMILES string of the molecule is C=CCN(C=C)C(=N)N. The number of nitrogens with one attached hydrogen (secondary N) is 1. The fourth-order valence-corrected chi connectivity index (χ4v) is 0.410. The minimum absolute atomic E-state index is 0.00935. The van der Waals surface area contributed by atoms with Crippen LogP contribution >= 0.6 is 0 Å². The first-order chi connectivity index (χ1) is 4.22. The van der Waals surface area contributed by atoms with Crippen molar-refractivity contribution in [2.75, 3.05) is 6.54 Å². The summed E-state index contributed by atoms with van der Waals surface area (Å²) in [5, 5.41) is 6.94. The number of hydrogen-bond acceptors (Lipinski definition) is 1. The van der Waals surface area contributed by atoms with Gasteiger partial charge in [-0.2, -0.15) is 0 Å². The summed E-state index contributed by atoms with van der Waals surface area (Å²) < 4.78 is 0. The Morgan fingerprint density at radius 3 is 2.33 bits per heavy atom. The average molecular weight is 125 g/mol. The van der Waals surface area contributed by atoms with Crippen LogP contribution in [0.15, 0.2) is 25.4 Å². The van der Waals surface area contributed by atoms with Crippen molar-refractivity contribution in [2.45, 2.75) is 0 Å². The van der Waals surface area contributed by atoms with E-state index >= 15 is 0 Å². The maximum absolute atomic E-state index is 6.94. The Labute approximate surface area is 55.0 Å². The van der Waals surface area contributed by atoms with Crippen LogP contribution in [0.1, 0.15) is 0 Å². The van der Waals surface area contributed by atoms with Crippen LogP contribution in [0.25, 0.3) is 0 Å². The van der Waals surface area contributed by atoms with Gasteiger partial charge in [0.25, 0.3) is 0 Å². The fraction of sp³-hybridized carbons (Fsp3) is 0.167. The lowest BCUT2D eigenvalue weighted by Crippen LogP contribution is -2.31. The third kappa shape index (κ3) is 2.54. The Bertz CT molecular complexity index is 128. The van der Waals surface area contributed by atoms with Crippen LogP contribution in [0.2, 0.25) is 0 Å². The molecule has 0 atom stereocenters. The van der Waals surface area contributed by atoms with Gasteiger partial charge in [0.05, 0.1) is 0 Å². The summed E-state index contributed by atoms with van der Waals surface area (Å²) in [6, 6.07) is 0. The molecule has 0 aliphatic heterocycles. The highest BCUT2D eigenvalue weighted by Crippen LogP contribution is 1.84. The highest BCUT2D eigenvalue weighted by molar-refractivity contribution is 5.75. The van der Waals surface area contributed by atoms with E-state index in [4.69, 9.17) is 11.1 Å². The van der Waals surface area contributed by atoms with Crippen LogP contribution in [0, 0.1) is 5.41 Å². The molecule has 0 bridgehead atoms. The molecule has 9 heavy (non-hydrogen) atoms. The van der Waals surface area contributed by atoms with Crippen molar-refractivity contribution in [3.8, 4) is 0 Å². The van der Waals surface area contributed by atoms with Crippen molar-refractivity contribution in [1.29, 1.82) is 5.41 Å². The monoisotopic (exact) mass is 125 g/mol. The summed E-state index contributed by atoms with van der Waals surface area (Å²) >= 11 is 0. The van der Waals surface area contributed by atoms with Crippen molar-refractivity contribution >= 4 is 5.96 Å². The summed E-state index contributed by atoms with van der Waals surface area (Å²) in [6.45, 7) is 7.49. The molecule has 0 aliphatic rings. The average Bonchev–Trinajstić information content (AvgIpc) is 1.82. The van der Waals surface area contributed by atoms with Crippen LogP contribution in [0.5, 0.6) is 0 Å². The lowest BCUT2D eigenvalue weighted by Gasteiger charge is -2.13. The molecule has 0 saturated heterocycles. The first-order valence-corrected chi connectivity index (χ1v) is 2.56. The third-order valence-electron chi connectivity index (χ3n) is 0.856. The molecule has 0 heterocycles. The number of nitrogens with two attached hydrogens (primary N) is 1. The largest absolute Gasteiger partial charge is 0.370 e. The molecule has 3 heteroatoms. The Balaban J connectivity index is 3.81. The van der Waals surface area contributed by atoms with Crippen LogP contribution < -0.4 is 5.73 Å². The second-order valence-electron chi connectivity index (χ2n) is 1.51. The van der Waals surface area contributed by atoms with Gasteiger partial charge >= 0.3 is 0 Å². The van der Waals surface area contributed by atoms with E-state index in [1.165, 1.54) is 11.1 Å². The van der Waals surface area contributed by atoms with Gasteiger partial charge < -0.3 is 10.6 Å². The first kappa shape index (κ1) is 7.75. The van der Waals surface area contributed by atoms with Crippen molar-refractivity contribution in [3.63, 3.8) is 0 Å². The molecule has 0 radical (unpaired) electrons. The van der Waals surface area contributed by atoms with Crippen LogP contribution in [-0.4, -0.2) is 17.4 Å². The zero-order chi connectivity index (χ0) is 7.28. The molecule has 0 saturated carbocycles. The van der Waals surface area contributed by atoms with Crippen LogP contribution in [0.4, 0.5) is 0 Å². The number of guanidine groups is 1.